The van der Waals surface area contributed by atoms with E-state index >= 15 is 0 Å². The maximum atomic E-state index is 13.3. The molecule has 5 aromatic heterocycles. The summed E-state index contributed by atoms with van der Waals surface area (Å²) in [6, 6.07) is 2.13. The van der Waals surface area contributed by atoms with Crippen LogP contribution in [-0.2, 0) is 26.9 Å². The van der Waals surface area contributed by atoms with Crippen molar-refractivity contribution in [2.45, 2.75) is 125 Å². The molecule has 5 aromatic rings. The van der Waals surface area contributed by atoms with Gasteiger partial charge >= 0.3 is 11.4 Å². The van der Waals surface area contributed by atoms with Crippen LogP contribution >= 0.6 is 0 Å². The quantitative estimate of drug-likeness (QED) is 0.160. The van der Waals surface area contributed by atoms with Crippen LogP contribution in [0.5, 0.6) is 5.75 Å². The lowest BCUT2D eigenvalue weighted by Crippen LogP contribution is -2.38. The molecular formula is C37H55N9O5. The summed E-state index contributed by atoms with van der Waals surface area (Å²) in [7, 11) is 4.56. The van der Waals surface area contributed by atoms with Crippen LogP contribution in [0.15, 0.2) is 31.4 Å². The van der Waals surface area contributed by atoms with E-state index in [4.69, 9.17) is 9.72 Å². The topological polar surface area (TPSA) is 157 Å². The molecule has 51 heavy (non-hydrogen) atoms. The van der Waals surface area contributed by atoms with Gasteiger partial charge in [0.05, 0.1) is 12.8 Å². The average Bonchev–Trinajstić information content (AvgIpc) is 3.69. The van der Waals surface area contributed by atoms with Crippen molar-refractivity contribution < 1.29 is 4.74 Å². The summed E-state index contributed by atoms with van der Waals surface area (Å²) < 4.78 is 13.4. The maximum Gasteiger partial charge on any atom is 0.337 e. The van der Waals surface area contributed by atoms with Gasteiger partial charge in [0.15, 0.2) is 22.3 Å². The molecule has 278 valence electrons. The number of imidazole rings is 2. The molecule has 0 aliphatic rings. The fourth-order valence-corrected chi connectivity index (χ4v) is 7.11. The van der Waals surface area contributed by atoms with Gasteiger partial charge in [-0.2, -0.15) is 0 Å². The predicted octanol–water partition coefficient (Wildman–Crippen LogP) is 5.43. The smallest absolute Gasteiger partial charge is 0.337 e. The Kier molecular flexibility index (Phi) is 13.0. The minimum absolute atomic E-state index is 0.162. The number of aromatic nitrogens is 9. The van der Waals surface area contributed by atoms with Gasteiger partial charge in [-0.3, -0.25) is 28.7 Å². The maximum absolute atomic E-state index is 13.3. The van der Waals surface area contributed by atoms with Crippen LogP contribution in [0.2, 0.25) is 0 Å². The fourth-order valence-electron chi connectivity index (χ4n) is 7.11. The molecular weight excluding hydrogens is 650 g/mol. The zero-order valence-electron chi connectivity index (χ0n) is 32.0. The lowest BCUT2D eigenvalue weighted by Gasteiger charge is -2.21. The fraction of sp³-hybridized carbons (Fsp3) is 0.595. The summed E-state index contributed by atoms with van der Waals surface area (Å²) in [6.45, 7) is 14.4. The van der Waals surface area contributed by atoms with Crippen molar-refractivity contribution in [1.29, 1.82) is 0 Å². The van der Waals surface area contributed by atoms with Gasteiger partial charge in [-0.05, 0) is 32.6 Å². The molecule has 14 nitrogen and oxygen atoms in total. The third-order valence-corrected chi connectivity index (χ3v) is 9.55. The highest BCUT2D eigenvalue weighted by atomic mass is 16.5. The van der Waals surface area contributed by atoms with E-state index < -0.39 is 11.4 Å². The Balaban J connectivity index is 0.000000244. The molecule has 0 aromatic carbocycles. The highest BCUT2D eigenvalue weighted by molar-refractivity contribution is 5.75. The van der Waals surface area contributed by atoms with Gasteiger partial charge in [0.1, 0.15) is 23.1 Å². The molecule has 5 heterocycles. The van der Waals surface area contributed by atoms with Gasteiger partial charge in [0.25, 0.3) is 11.1 Å². The second-order valence-corrected chi connectivity index (χ2v) is 13.1. The summed E-state index contributed by atoms with van der Waals surface area (Å²) in [6.07, 6.45) is 11.1. The first-order chi connectivity index (χ1) is 24.4. The van der Waals surface area contributed by atoms with Crippen molar-refractivity contribution in [3.63, 3.8) is 0 Å². The molecule has 1 N–H and O–H groups in total. The molecule has 0 fully saturated rings. The lowest BCUT2D eigenvalue weighted by atomic mass is 10.1. The molecule has 0 aliphatic heterocycles. The summed E-state index contributed by atoms with van der Waals surface area (Å²) in [5.74, 6) is 2.19. The van der Waals surface area contributed by atoms with E-state index in [1.807, 2.05) is 20.8 Å². The zero-order chi connectivity index (χ0) is 37.6. The first-order valence-electron chi connectivity index (χ1n) is 18.4. The van der Waals surface area contributed by atoms with Crippen molar-refractivity contribution in [2.75, 3.05) is 7.11 Å². The number of ether oxygens (including phenoxy) is 1. The molecule has 0 bridgehead atoms. The number of aromatic amines is 1. The number of hydrogen-bond acceptors (Lipinski definition) is 8. The van der Waals surface area contributed by atoms with Crippen LogP contribution in [0.25, 0.3) is 28.0 Å². The van der Waals surface area contributed by atoms with Gasteiger partial charge in [0.2, 0.25) is 0 Å². The standard InChI is InChI=1S/C22H31N5O3.C15H24N4O2/c1-7-10-15(11-8-2)26-17(9-3)24-20-19(26)21(28)25(5)22(29)27(20)18-14(4)23-13-12-16(18)30-6;1-5-8-10(9-6-2)19-11(7-3)16-13-12(19)14(20)18(4)15(21)17-13/h12-13,15H,7-11H2,1-6H3;10H,5-9H2,1-4H3,(H,17,21). The SMILES string of the molecule is CCCC(CCC)n1c(CC)nc2[nH]c(=O)n(C)c(=O)c21.CCCC(CCC)n1c(CC)nc2c1c(=O)n(C)c(=O)n2-c1c(OC)ccnc1C. The average molecular weight is 706 g/mol. The van der Waals surface area contributed by atoms with Gasteiger partial charge in [-0.15, -0.1) is 0 Å². The molecule has 0 atom stereocenters. The highest BCUT2D eigenvalue weighted by Crippen LogP contribution is 2.30. The number of aryl methyl sites for hydroxylation is 3. The Morgan fingerprint density at radius 3 is 1.76 bits per heavy atom. The lowest BCUT2D eigenvalue weighted by molar-refractivity contribution is 0.411. The number of fused-ring (bicyclic) bond motifs is 2. The summed E-state index contributed by atoms with van der Waals surface area (Å²) in [4.78, 5) is 67.1. The normalized spacial score (nSPS) is 11.6. The number of rotatable bonds is 14. The second kappa shape index (κ2) is 17.0. The molecule has 0 saturated carbocycles. The van der Waals surface area contributed by atoms with Gasteiger partial charge in [0, 0.05) is 51.3 Å². The number of nitrogens with zero attached hydrogens (tertiary/aromatic N) is 8. The van der Waals surface area contributed by atoms with Crippen molar-refractivity contribution >= 4 is 22.3 Å². The predicted molar refractivity (Wildman–Crippen MR) is 202 cm³/mol. The number of hydrogen-bond donors (Lipinski definition) is 1. The Bertz CT molecular complexity index is 2200. The molecule has 0 unspecified atom stereocenters. The van der Waals surface area contributed by atoms with E-state index in [2.05, 4.69) is 51.8 Å². The van der Waals surface area contributed by atoms with E-state index in [9.17, 15) is 19.2 Å². The minimum atomic E-state index is -0.461. The molecule has 0 saturated heterocycles. The molecule has 0 radical (unpaired) electrons. The van der Waals surface area contributed by atoms with Gasteiger partial charge < -0.3 is 13.9 Å². The molecule has 0 amide bonds. The van der Waals surface area contributed by atoms with Crippen molar-refractivity contribution in [2.24, 2.45) is 14.1 Å². The van der Waals surface area contributed by atoms with Gasteiger partial charge in [-0.25, -0.2) is 24.1 Å². The summed E-state index contributed by atoms with van der Waals surface area (Å²) >= 11 is 0. The largest absolute Gasteiger partial charge is 0.494 e. The zero-order valence-corrected chi connectivity index (χ0v) is 32.0. The van der Waals surface area contributed by atoms with Crippen LogP contribution in [0.4, 0.5) is 0 Å². The minimum Gasteiger partial charge on any atom is -0.494 e. The number of nitrogens with one attached hydrogen (secondary N) is 1. The number of pyridine rings is 1. The Labute approximate surface area is 298 Å². The van der Waals surface area contributed by atoms with E-state index in [1.165, 1.54) is 18.7 Å². The monoisotopic (exact) mass is 705 g/mol. The van der Waals surface area contributed by atoms with E-state index in [-0.39, 0.29) is 23.2 Å². The van der Waals surface area contributed by atoms with E-state index in [0.717, 1.165) is 78.6 Å². The molecule has 5 rings (SSSR count). The van der Waals surface area contributed by atoms with Crippen molar-refractivity contribution in [1.82, 2.24) is 42.8 Å². The first kappa shape index (κ1) is 39.0. The van der Waals surface area contributed by atoms with Gasteiger partial charge in [-0.1, -0.05) is 67.2 Å². The molecule has 0 aliphatic carbocycles. The molecule has 14 heteroatoms. The van der Waals surface area contributed by atoms with Crippen LogP contribution < -0.4 is 27.2 Å². The number of H-pyrrole nitrogens is 1. The first-order valence-corrected chi connectivity index (χ1v) is 18.4. The van der Waals surface area contributed by atoms with Crippen molar-refractivity contribution in [3.05, 3.63) is 71.3 Å². The van der Waals surface area contributed by atoms with Crippen LogP contribution in [0.3, 0.4) is 0 Å². The second-order valence-electron chi connectivity index (χ2n) is 13.1. The summed E-state index contributed by atoms with van der Waals surface area (Å²) in [5, 5.41) is 0. The highest BCUT2D eigenvalue weighted by Gasteiger charge is 2.27. The van der Waals surface area contributed by atoms with Crippen LogP contribution in [0.1, 0.15) is 122 Å². The summed E-state index contributed by atoms with van der Waals surface area (Å²) in [5.41, 5.74) is 1.45. The van der Waals surface area contributed by atoms with Crippen LogP contribution in [-0.4, -0.2) is 49.9 Å². The Hall–Kier alpha value is -4.75. The van der Waals surface area contributed by atoms with Crippen LogP contribution in [0, 0.1) is 6.92 Å². The Morgan fingerprint density at radius 1 is 0.745 bits per heavy atom. The Morgan fingerprint density at radius 2 is 1.25 bits per heavy atom. The number of methoxy groups -OCH3 is 1. The van der Waals surface area contributed by atoms with Crippen molar-refractivity contribution in [3.8, 4) is 11.4 Å². The van der Waals surface area contributed by atoms with E-state index in [1.54, 1.807) is 19.4 Å². The third-order valence-electron chi connectivity index (χ3n) is 9.55. The molecule has 0 spiro atoms. The van der Waals surface area contributed by atoms with E-state index in [0.29, 0.717) is 45.9 Å². The third kappa shape index (κ3) is 7.36.